The Morgan fingerprint density at radius 1 is 1.25 bits per heavy atom. The fraction of sp³-hybridized carbons (Fsp3) is 0.571. The van der Waals surface area contributed by atoms with Crippen LogP contribution in [0, 0.1) is 11.8 Å². The van der Waals surface area contributed by atoms with Crippen molar-refractivity contribution in [3.8, 4) is 0 Å². The Kier molecular flexibility index (Phi) is 3.94. The second-order valence-electron chi connectivity index (χ2n) is 4.85. The van der Waals surface area contributed by atoms with Crippen LogP contribution in [-0.4, -0.2) is 25.0 Å². The molecule has 0 aromatic carbocycles. The van der Waals surface area contributed by atoms with Gasteiger partial charge in [-0.15, -0.1) is 0 Å². The molecule has 1 atom stereocenters. The summed E-state index contributed by atoms with van der Waals surface area (Å²) in [5.74, 6) is 1.19. The van der Waals surface area contributed by atoms with Gasteiger partial charge >= 0.3 is 0 Å². The molecular formula is C14H20FN. The number of hydrogen-bond donors (Lipinski definition) is 0. The highest BCUT2D eigenvalue weighted by Gasteiger charge is 2.21. The van der Waals surface area contributed by atoms with Crippen molar-refractivity contribution in [1.29, 1.82) is 0 Å². The molecule has 0 aromatic rings. The lowest BCUT2D eigenvalue weighted by Gasteiger charge is -2.32. The van der Waals surface area contributed by atoms with E-state index in [1.807, 2.05) is 12.2 Å². The van der Waals surface area contributed by atoms with Gasteiger partial charge in [-0.3, -0.25) is 0 Å². The molecule has 88 valence electrons. The molecule has 0 amide bonds. The Morgan fingerprint density at radius 3 is 2.75 bits per heavy atom. The number of hydrogen-bond acceptors (Lipinski definition) is 1. The third-order valence-electron chi connectivity index (χ3n) is 3.59. The first kappa shape index (κ1) is 11.6. The highest BCUT2D eigenvalue weighted by Crippen LogP contribution is 2.27. The molecular weight excluding hydrogens is 201 g/mol. The minimum absolute atomic E-state index is 0.0469. The lowest BCUT2D eigenvalue weighted by molar-refractivity contribution is 0.202. The van der Waals surface area contributed by atoms with Gasteiger partial charge in [0, 0.05) is 6.42 Å². The first-order chi connectivity index (χ1) is 7.75. The molecule has 0 saturated carbocycles. The van der Waals surface area contributed by atoms with E-state index in [0.29, 0.717) is 12.3 Å². The van der Waals surface area contributed by atoms with Gasteiger partial charge in [0.05, 0.1) is 0 Å². The molecule has 1 heterocycles. The van der Waals surface area contributed by atoms with E-state index in [2.05, 4.69) is 24.1 Å². The summed E-state index contributed by atoms with van der Waals surface area (Å²) in [7, 11) is 2.18. The zero-order valence-electron chi connectivity index (χ0n) is 9.90. The summed E-state index contributed by atoms with van der Waals surface area (Å²) < 4.78 is 13.0. The van der Waals surface area contributed by atoms with Gasteiger partial charge in [-0.25, -0.2) is 4.39 Å². The minimum Gasteiger partial charge on any atom is -0.306 e. The van der Waals surface area contributed by atoms with Crippen LogP contribution in [0.2, 0.25) is 0 Å². The van der Waals surface area contributed by atoms with Gasteiger partial charge in [0.1, 0.15) is 5.83 Å². The van der Waals surface area contributed by atoms with Crippen molar-refractivity contribution >= 4 is 0 Å². The topological polar surface area (TPSA) is 3.24 Å². The van der Waals surface area contributed by atoms with Crippen molar-refractivity contribution in [2.24, 2.45) is 11.8 Å². The second kappa shape index (κ2) is 5.44. The van der Waals surface area contributed by atoms with E-state index in [9.17, 15) is 4.39 Å². The lowest BCUT2D eigenvalue weighted by Crippen LogP contribution is -2.32. The van der Waals surface area contributed by atoms with Gasteiger partial charge < -0.3 is 4.90 Å². The molecule has 16 heavy (non-hydrogen) atoms. The van der Waals surface area contributed by atoms with Gasteiger partial charge in [0.2, 0.25) is 0 Å². The number of rotatable bonds is 1. The van der Waals surface area contributed by atoms with Crippen LogP contribution in [0.5, 0.6) is 0 Å². The Labute approximate surface area is 97.3 Å². The molecule has 0 aromatic heterocycles. The SMILES string of the molecule is CN1CCC(C2C=C/C=C(/F)CC=C2)CC1. The van der Waals surface area contributed by atoms with Crippen LogP contribution in [0.3, 0.4) is 0 Å². The molecule has 1 unspecified atom stereocenters. The number of allylic oxidation sites excluding steroid dienone is 6. The molecule has 1 saturated heterocycles. The quantitative estimate of drug-likeness (QED) is 0.614. The van der Waals surface area contributed by atoms with Crippen molar-refractivity contribution in [1.82, 2.24) is 4.90 Å². The maximum absolute atomic E-state index is 13.0. The van der Waals surface area contributed by atoms with Gasteiger partial charge in [-0.1, -0.05) is 24.3 Å². The van der Waals surface area contributed by atoms with E-state index in [4.69, 9.17) is 0 Å². The van der Waals surface area contributed by atoms with Crippen molar-refractivity contribution in [3.05, 3.63) is 36.2 Å². The zero-order valence-corrected chi connectivity index (χ0v) is 9.90. The van der Waals surface area contributed by atoms with E-state index < -0.39 is 0 Å². The fourth-order valence-corrected chi connectivity index (χ4v) is 2.49. The monoisotopic (exact) mass is 221 g/mol. The Morgan fingerprint density at radius 2 is 2.00 bits per heavy atom. The first-order valence-electron chi connectivity index (χ1n) is 6.14. The maximum Gasteiger partial charge on any atom is 0.104 e. The average Bonchev–Trinajstić information content (AvgIpc) is 2.25. The van der Waals surface area contributed by atoms with E-state index in [1.54, 1.807) is 6.08 Å². The summed E-state index contributed by atoms with van der Waals surface area (Å²) in [6, 6.07) is 0. The summed E-state index contributed by atoms with van der Waals surface area (Å²) in [6.07, 6.45) is 12.7. The number of halogens is 1. The molecule has 1 aliphatic heterocycles. The highest BCUT2D eigenvalue weighted by molar-refractivity contribution is 5.17. The highest BCUT2D eigenvalue weighted by atomic mass is 19.1. The average molecular weight is 221 g/mol. The van der Waals surface area contributed by atoms with Crippen LogP contribution >= 0.6 is 0 Å². The number of nitrogens with zero attached hydrogens (tertiary/aromatic N) is 1. The molecule has 1 fully saturated rings. The number of likely N-dealkylation sites (tertiary alicyclic amines) is 1. The smallest absolute Gasteiger partial charge is 0.104 e. The normalized spacial score (nSPS) is 31.9. The van der Waals surface area contributed by atoms with Crippen molar-refractivity contribution in [2.45, 2.75) is 19.3 Å². The third-order valence-corrected chi connectivity index (χ3v) is 3.59. The summed E-state index contributed by atoms with van der Waals surface area (Å²) >= 11 is 0. The molecule has 2 rings (SSSR count). The van der Waals surface area contributed by atoms with Crippen LogP contribution in [0.15, 0.2) is 36.2 Å². The van der Waals surface area contributed by atoms with Gasteiger partial charge in [-0.05, 0) is 50.9 Å². The van der Waals surface area contributed by atoms with Gasteiger partial charge in [0.25, 0.3) is 0 Å². The Hall–Kier alpha value is -0.890. The molecule has 2 aliphatic rings. The van der Waals surface area contributed by atoms with E-state index in [-0.39, 0.29) is 5.83 Å². The van der Waals surface area contributed by atoms with Crippen LogP contribution in [0.4, 0.5) is 4.39 Å². The van der Waals surface area contributed by atoms with Crippen molar-refractivity contribution < 1.29 is 4.39 Å². The van der Waals surface area contributed by atoms with Crippen molar-refractivity contribution in [2.75, 3.05) is 20.1 Å². The van der Waals surface area contributed by atoms with E-state index in [1.165, 1.54) is 25.9 Å². The minimum atomic E-state index is -0.0469. The summed E-state index contributed by atoms with van der Waals surface area (Å²) in [5.41, 5.74) is 0. The molecule has 0 spiro atoms. The maximum atomic E-state index is 13.0. The lowest BCUT2D eigenvalue weighted by atomic mass is 9.83. The first-order valence-corrected chi connectivity index (χ1v) is 6.14. The van der Waals surface area contributed by atoms with Gasteiger partial charge in [0.15, 0.2) is 0 Å². The van der Waals surface area contributed by atoms with Crippen molar-refractivity contribution in [3.63, 3.8) is 0 Å². The molecule has 1 aliphatic carbocycles. The molecule has 1 nitrogen and oxygen atoms in total. The van der Waals surface area contributed by atoms with E-state index >= 15 is 0 Å². The fourth-order valence-electron chi connectivity index (χ4n) is 2.49. The number of piperidine rings is 1. The summed E-state index contributed by atoms with van der Waals surface area (Å²) in [6.45, 7) is 2.38. The third kappa shape index (κ3) is 3.05. The molecule has 0 bridgehead atoms. The standard InChI is InChI=1S/C14H20FN/c1-16-10-8-13(9-11-16)12-4-2-6-14(15)7-3-5-12/h2-6,12-13H,7-11H2,1H3/b4-2?,5-3?,14-6+. The Balaban J connectivity index is 1.99. The summed E-state index contributed by atoms with van der Waals surface area (Å²) in [5, 5.41) is 0. The Bertz CT molecular complexity index is 309. The van der Waals surface area contributed by atoms with E-state index in [0.717, 1.165) is 5.92 Å². The largest absolute Gasteiger partial charge is 0.306 e. The predicted octanol–water partition coefficient (Wildman–Crippen LogP) is 3.31. The molecule has 0 radical (unpaired) electrons. The van der Waals surface area contributed by atoms with Crippen LogP contribution in [-0.2, 0) is 0 Å². The van der Waals surface area contributed by atoms with Crippen LogP contribution in [0.25, 0.3) is 0 Å². The van der Waals surface area contributed by atoms with Crippen LogP contribution < -0.4 is 0 Å². The molecule has 2 heteroatoms. The second-order valence-corrected chi connectivity index (χ2v) is 4.85. The zero-order chi connectivity index (χ0) is 11.4. The predicted molar refractivity (Wildman–Crippen MR) is 65.8 cm³/mol. The summed E-state index contributed by atoms with van der Waals surface area (Å²) in [4.78, 5) is 2.38. The van der Waals surface area contributed by atoms with Crippen LogP contribution in [0.1, 0.15) is 19.3 Å². The molecule has 0 N–H and O–H groups in total. The van der Waals surface area contributed by atoms with Gasteiger partial charge in [-0.2, -0.15) is 0 Å².